The van der Waals surface area contributed by atoms with E-state index in [9.17, 15) is 5.11 Å². The first-order chi connectivity index (χ1) is 5.44. The zero-order chi connectivity index (χ0) is 9.78. The molecule has 1 unspecified atom stereocenters. The van der Waals surface area contributed by atoms with E-state index in [1.807, 2.05) is 25.8 Å². The van der Waals surface area contributed by atoms with Crippen molar-refractivity contribution in [3.8, 4) is 0 Å². The summed E-state index contributed by atoms with van der Waals surface area (Å²) in [6.07, 6.45) is -0.374. The molecule has 1 atom stereocenters. The van der Waals surface area contributed by atoms with Gasteiger partial charge in [0, 0.05) is 17.4 Å². The highest BCUT2D eigenvalue weighted by Crippen LogP contribution is 2.11. The van der Waals surface area contributed by atoms with Crippen LogP contribution >= 0.6 is 15.9 Å². The van der Waals surface area contributed by atoms with Gasteiger partial charge in [-0.15, -0.1) is 0 Å². The average Bonchev–Trinajstić information content (AvgIpc) is 2.04. The van der Waals surface area contributed by atoms with E-state index in [1.54, 1.807) is 0 Å². The van der Waals surface area contributed by atoms with Crippen molar-refractivity contribution in [2.75, 3.05) is 25.5 Å². The molecule has 74 valence electrons. The summed E-state index contributed by atoms with van der Waals surface area (Å²) in [5.41, 5.74) is -0.261. The summed E-state index contributed by atoms with van der Waals surface area (Å²) < 4.78 is 0. The van der Waals surface area contributed by atoms with Crippen LogP contribution in [0.5, 0.6) is 0 Å². The fourth-order valence-electron chi connectivity index (χ4n) is 0.733. The van der Waals surface area contributed by atoms with Crippen LogP contribution in [0.1, 0.15) is 13.8 Å². The molecule has 0 fully saturated rings. The first-order valence-electron chi connectivity index (χ1n) is 4.00. The summed E-state index contributed by atoms with van der Waals surface area (Å²) >= 11 is 3.19. The van der Waals surface area contributed by atoms with Crippen molar-refractivity contribution in [3.63, 3.8) is 0 Å². The molecular weight excluding hydrogens is 222 g/mol. The van der Waals surface area contributed by atoms with Crippen LogP contribution in [0, 0.1) is 0 Å². The summed E-state index contributed by atoms with van der Waals surface area (Å²) in [7, 11) is 1.89. The molecule has 0 radical (unpaired) electrons. The molecule has 0 aromatic rings. The highest BCUT2D eigenvalue weighted by atomic mass is 79.9. The van der Waals surface area contributed by atoms with Gasteiger partial charge in [-0.1, -0.05) is 15.9 Å². The Hall–Kier alpha value is 0.360. The predicted octanol–water partition coefficient (Wildman–Crippen LogP) is 0.445. The van der Waals surface area contributed by atoms with Crippen molar-refractivity contribution >= 4 is 15.9 Å². The van der Waals surface area contributed by atoms with Gasteiger partial charge in [-0.25, -0.2) is 0 Å². The summed E-state index contributed by atoms with van der Waals surface area (Å²) in [4.78, 5) is 1.94. The van der Waals surface area contributed by atoms with E-state index in [1.165, 1.54) is 0 Å². The number of β-amino-alcohol motifs (C(OH)–C–C–N with tert-alkyl or cyclic N) is 1. The smallest absolute Gasteiger partial charge is 0.0763 e. The third-order valence-electron chi connectivity index (χ3n) is 2.08. The Bertz CT molecular complexity index is 130. The van der Waals surface area contributed by atoms with Crippen molar-refractivity contribution < 1.29 is 10.2 Å². The van der Waals surface area contributed by atoms with E-state index in [0.717, 1.165) is 0 Å². The molecule has 0 aliphatic carbocycles. The van der Waals surface area contributed by atoms with Gasteiger partial charge in [0.15, 0.2) is 0 Å². The second kappa shape index (κ2) is 5.17. The lowest BCUT2D eigenvalue weighted by Gasteiger charge is -2.34. The van der Waals surface area contributed by atoms with Crippen molar-refractivity contribution in [2.24, 2.45) is 0 Å². The molecule has 0 saturated carbocycles. The Morgan fingerprint density at radius 3 is 2.33 bits per heavy atom. The van der Waals surface area contributed by atoms with Gasteiger partial charge in [-0.3, -0.25) is 4.90 Å². The lowest BCUT2D eigenvalue weighted by molar-refractivity contribution is 0.0438. The SMILES string of the molecule is CN(CC(O)CBr)C(C)(C)CO. The van der Waals surface area contributed by atoms with Gasteiger partial charge in [0.1, 0.15) is 0 Å². The standard InChI is InChI=1S/C8H18BrNO2/c1-8(2,6-11)10(3)5-7(12)4-9/h7,11-12H,4-6H2,1-3H3. The Morgan fingerprint density at radius 2 is 2.00 bits per heavy atom. The number of nitrogens with zero attached hydrogens (tertiary/aromatic N) is 1. The molecule has 3 nitrogen and oxygen atoms in total. The minimum Gasteiger partial charge on any atom is -0.394 e. The molecule has 0 saturated heterocycles. The fraction of sp³-hybridized carbons (Fsp3) is 1.00. The van der Waals surface area contributed by atoms with Crippen LogP contribution in [0.4, 0.5) is 0 Å². The highest BCUT2D eigenvalue weighted by Gasteiger charge is 2.23. The van der Waals surface area contributed by atoms with Gasteiger partial charge in [0.2, 0.25) is 0 Å². The van der Waals surface area contributed by atoms with Crippen LogP contribution in [-0.2, 0) is 0 Å². The predicted molar refractivity (Wildman–Crippen MR) is 53.6 cm³/mol. The number of aliphatic hydroxyl groups excluding tert-OH is 2. The minimum atomic E-state index is -0.374. The second-order valence-electron chi connectivity index (χ2n) is 3.66. The molecule has 0 aromatic heterocycles. The molecule has 0 spiro atoms. The number of alkyl halides is 1. The third-order valence-corrected chi connectivity index (χ3v) is 2.83. The lowest BCUT2D eigenvalue weighted by atomic mass is 10.1. The maximum absolute atomic E-state index is 9.32. The van der Waals surface area contributed by atoms with E-state index in [2.05, 4.69) is 15.9 Å². The van der Waals surface area contributed by atoms with Crippen LogP contribution in [0.15, 0.2) is 0 Å². The van der Waals surface area contributed by atoms with Crippen molar-refractivity contribution in [1.29, 1.82) is 0 Å². The Kier molecular flexibility index (Phi) is 5.32. The lowest BCUT2D eigenvalue weighted by Crippen LogP contribution is -2.47. The van der Waals surface area contributed by atoms with Crippen LogP contribution in [0.2, 0.25) is 0 Å². The average molecular weight is 240 g/mol. The molecule has 0 heterocycles. The van der Waals surface area contributed by atoms with E-state index in [4.69, 9.17) is 5.11 Å². The molecule has 0 rings (SSSR count). The number of rotatable bonds is 5. The van der Waals surface area contributed by atoms with Crippen molar-refractivity contribution in [3.05, 3.63) is 0 Å². The Balaban J connectivity index is 3.93. The van der Waals surface area contributed by atoms with Crippen LogP contribution in [0.3, 0.4) is 0 Å². The summed E-state index contributed by atoms with van der Waals surface area (Å²) in [5, 5.41) is 18.9. The number of halogens is 1. The van der Waals surface area contributed by atoms with Gasteiger partial charge in [-0.2, -0.15) is 0 Å². The Morgan fingerprint density at radius 1 is 1.50 bits per heavy atom. The van der Waals surface area contributed by atoms with Gasteiger partial charge in [-0.05, 0) is 20.9 Å². The molecular formula is C8H18BrNO2. The number of hydrogen-bond donors (Lipinski definition) is 2. The maximum Gasteiger partial charge on any atom is 0.0763 e. The molecule has 0 aliphatic heterocycles. The largest absolute Gasteiger partial charge is 0.394 e. The molecule has 0 aliphatic rings. The first kappa shape index (κ1) is 12.4. The third kappa shape index (κ3) is 3.85. The van der Waals surface area contributed by atoms with Crippen LogP contribution in [-0.4, -0.2) is 52.3 Å². The first-order valence-corrected chi connectivity index (χ1v) is 5.12. The van der Waals surface area contributed by atoms with E-state index < -0.39 is 0 Å². The summed E-state index contributed by atoms with van der Waals surface area (Å²) in [6.45, 7) is 4.54. The monoisotopic (exact) mass is 239 g/mol. The maximum atomic E-state index is 9.32. The number of likely N-dealkylation sites (N-methyl/N-ethyl adjacent to an activating group) is 1. The minimum absolute atomic E-state index is 0.0957. The molecule has 12 heavy (non-hydrogen) atoms. The second-order valence-corrected chi connectivity index (χ2v) is 4.31. The summed E-state index contributed by atoms with van der Waals surface area (Å²) in [5.74, 6) is 0. The topological polar surface area (TPSA) is 43.7 Å². The van der Waals surface area contributed by atoms with E-state index in [-0.39, 0.29) is 18.2 Å². The van der Waals surface area contributed by atoms with E-state index in [0.29, 0.717) is 11.9 Å². The van der Waals surface area contributed by atoms with Gasteiger partial charge < -0.3 is 10.2 Å². The normalized spacial score (nSPS) is 15.2. The van der Waals surface area contributed by atoms with Crippen LogP contribution in [0.25, 0.3) is 0 Å². The van der Waals surface area contributed by atoms with Gasteiger partial charge >= 0.3 is 0 Å². The molecule has 0 aromatic carbocycles. The summed E-state index contributed by atoms with van der Waals surface area (Å²) in [6, 6.07) is 0. The van der Waals surface area contributed by atoms with Gasteiger partial charge in [0.25, 0.3) is 0 Å². The fourth-order valence-corrected chi connectivity index (χ4v) is 0.938. The van der Waals surface area contributed by atoms with Crippen molar-refractivity contribution in [2.45, 2.75) is 25.5 Å². The Labute approximate surface area is 82.5 Å². The van der Waals surface area contributed by atoms with Crippen LogP contribution < -0.4 is 0 Å². The van der Waals surface area contributed by atoms with Gasteiger partial charge in [0.05, 0.1) is 12.7 Å². The zero-order valence-corrected chi connectivity index (χ0v) is 9.50. The number of aliphatic hydroxyl groups is 2. The van der Waals surface area contributed by atoms with E-state index >= 15 is 0 Å². The highest BCUT2D eigenvalue weighted by molar-refractivity contribution is 9.09. The molecule has 0 bridgehead atoms. The molecule has 4 heteroatoms. The number of hydrogen-bond acceptors (Lipinski definition) is 3. The zero-order valence-electron chi connectivity index (χ0n) is 7.92. The molecule has 0 amide bonds. The quantitative estimate of drug-likeness (QED) is 0.685. The van der Waals surface area contributed by atoms with Crippen molar-refractivity contribution in [1.82, 2.24) is 4.90 Å². The molecule has 2 N–H and O–H groups in total.